The molecule has 0 radical (unpaired) electrons. The summed E-state index contributed by atoms with van der Waals surface area (Å²) >= 11 is 0. The molecule has 0 saturated carbocycles. The molecule has 0 aliphatic heterocycles. The van der Waals surface area contributed by atoms with E-state index in [1.165, 1.54) is 173 Å². The monoisotopic (exact) mass is 1120 g/mol. The molecule has 0 amide bonds. The van der Waals surface area contributed by atoms with Crippen LogP contribution in [-0.2, 0) is 28.6 Å². The minimum absolute atomic E-state index is 0.100. The first-order valence-corrected chi connectivity index (χ1v) is 34.0. The van der Waals surface area contributed by atoms with E-state index in [0.29, 0.717) is 19.3 Å². The number of esters is 3. The minimum Gasteiger partial charge on any atom is -0.462 e. The number of carbonyl (C=O) groups is 3. The Morgan fingerprint density at radius 2 is 0.494 bits per heavy atom. The summed E-state index contributed by atoms with van der Waals surface area (Å²) < 4.78 is 16.9. The predicted molar refractivity (Wildman–Crippen MR) is 353 cm³/mol. The molecule has 0 saturated heterocycles. The van der Waals surface area contributed by atoms with Gasteiger partial charge in [0.15, 0.2) is 6.10 Å². The average molecular weight is 1120 g/mol. The van der Waals surface area contributed by atoms with Gasteiger partial charge in [-0.15, -0.1) is 0 Å². The van der Waals surface area contributed by atoms with Crippen molar-refractivity contribution in [2.45, 2.75) is 322 Å². The lowest BCUT2D eigenvalue weighted by Gasteiger charge is -2.18. The molecule has 6 nitrogen and oxygen atoms in total. The van der Waals surface area contributed by atoms with Crippen molar-refractivity contribution in [3.63, 3.8) is 0 Å². The van der Waals surface area contributed by atoms with Gasteiger partial charge in [-0.3, -0.25) is 14.4 Å². The number of unbranched alkanes of at least 4 members (excludes halogenated alkanes) is 30. The SMILES string of the molecule is CC/C=C\C/C=C\C/C=C\C/C=C\C/C=C\C/C=C\C/C=C\CCCC(=O)OCC(COC(=O)CCCCCCCCCCC/C=C\C/C=C\CCCCC)OC(=O)CCCCCCCCCCC/C=C\CCCCCCCCCC. The Morgan fingerprint density at radius 3 is 0.840 bits per heavy atom. The van der Waals surface area contributed by atoms with E-state index in [0.717, 1.165) is 96.3 Å². The average Bonchev–Trinajstić information content (AvgIpc) is 3.47. The molecule has 1 atom stereocenters. The highest BCUT2D eigenvalue weighted by atomic mass is 16.6. The summed E-state index contributed by atoms with van der Waals surface area (Å²) in [4.78, 5) is 38.4. The van der Waals surface area contributed by atoms with Crippen molar-refractivity contribution in [1.82, 2.24) is 0 Å². The largest absolute Gasteiger partial charge is 0.462 e. The topological polar surface area (TPSA) is 78.9 Å². The first kappa shape index (κ1) is 76.8. The molecule has 0 rings (SSSR count). The molecule has 0 bridgehead atoms. The van der Waals surface area contributed by atoms with E-state index in [9.17, 15) is 14.4 Å². The van der Waals surface area contributed by atoms with Gasteiger partial charge in [-0.1, -0.05) is 290 Å². The zero-order chi connectivity index (χ0) is 58.5. The number of allylic oxidation sites excluding steroid dienone is 20. The van der Waals surface area contributed by atoms with Gasteiger partial charge in [0.05, 0.1) is 0 Å². The Hall–Kier alpha value is -4.19. The molecular weight excluding hydrogens is 997 g/mol. The molecular formula is C75H126O6. The Balaban J connectivity index is 4.49. The van der Waals surface area contributed by atoms with Crippen LogP contribution in [0.2, 0.25) is 0 Å². The summed E-state index contributed by atoms with van der Waals surface area (Å²) in [6.07, 6.45) is 95.0. The molecule has 462 valence electrons. The number of rotatable bonds is 61. The predicted octanol–water partition coefficient (Wildman–Crippen LogP) is 23.6. The van der Waals surface area contributed by atoms with Crippen LogP contribution in [0.15, 0.2) is 122 Å². The summed E-state index contributed by atoms with van der Waals surface area (Å²) in [6.45, 7) is 6.48. The number of hydrogen-bond acceptors (Lipinski definition) is 6. The molecule has 0 fully saturated rings. The second-order valence-electron chi connectivity index (χ2n) is 22.3. The van der Waals surface area contributed by atoms with Gasteiger partial charge in [0.1, 0.15) is 13.2 Å². The van der Waals surface area contributed by atoms with Crippen molar-refractivity contribution in [3.05, 3.63) is 122 Å². The van der Waals surface area contributed by atoms with Gasteiger partial charge in [0.2, 0.25) is 0 Å². The van der Waals surface area contributed by atoms with Crippen LogP contribution in [-0.4, -0.2) is 37.2 Å². The molecule has 0 aliphatic rings. The van der Waals surface area contributed by atoms with E-state index in [2.05, 4.69) is 142 Å². The fourth-order valence-corrected chi connectivity index (χ4v) is 9.34. The van der Waals surface area contributed by atoms with Crippen LogP contribution in [0.1, 0.15) is 316 Å². The van der Waals surface area contributed by atoms with Gasteiger partial charge in [-0.25, -0.2) is 0 Å². The van der Waals surface area contributed by atoms with Crippen LogP contribution in [0.5, 0.6) is 0 Å². The van der Waals surface area contributed by atoms with Crippen LogP contribution in [0.4, 0.5) is 0 Å². The third-order valence-corrected chi connectivity index (χ3v) is 14.4. The van der Waals surface area contributed by atoms with E-state index in [-0.39, 0.29) is 37.5 Å². The molecule has 0 aromatic heterocycles. The maximum absolute atomic E-state index is 13.0. The van der Waals surface area contributed by atoms with Crippen molar-refractivity contribution in [2.75, 3.05) is 13.2 Å². The van der Waals surface area contributed by atoms with Crippen LogP contribution < -0.4 is 0 Å². The van der Waals surface area contributed by atoms with Gasteiger partial charge < -0.3 is 14.2 Å². The quantitative estimate of drug-likeness (QED) is 0.0261. The Morgan fingerprint density at radius 1 is 0.259 bits per heavy atom. The molecule has 0 spiro atoms. The van der Waals surface area contributed by atoms with Crippen LogP contribution in [0.3, 0.4) is 0 Å². The summed E-state index contributed by atoms with van der Waals surface area (Å²) in [6, 6.07) is 0. The first-order chi connectivity index (χ1) is 40.0. The second-order valence-corrected chi connectivity index (χ2v) is 22.3. The second kappa shape index (κ2) is 68.3. The summed E-state index contributed by atoms with van der Waals surface area (Å²) in [5, 5.41) is 0. The third-order valence-electron chi connectivity index (χ3n) is 14.4. The number of hydrogen-bond donors (Lipinski definition) is 0. The van der Waals surface area contributed by atoms with Crippen molar-refractivity contribution >= 4 is 17.9 Å². The van der Waals surface area contributed by atoms with Gasteiger partial charge in [-0.2, -0.15) is 0 Å². The normalized spacial score (nSPS) is 12.9. The Kier molecular flexibility index (Phi) is 64.8. The van der Waals surface area contributed by atoms with Crippen LogP contribution in [0, 0.1) is 0 Å². The lowest BCUT2D eigenvalue weighted by molar-refractivity contribution is -0.167. The minimum atomic E-state index is -0.810. The van der Waals surface area contributed by atoms with Gasteiger partial charge >= 0.3 is 17.9 Å². The fraction of sp³-hybridized carbons (Fsp3) is 0.693. The van der Waals surface area contributed by atoms with Gasteiger partial charge in [-0.05, 0) is 128 Å². The maximum Gasteiger partial charge on any atom is 0.306 e. The van der Waals surface area contributed by atoms with E-state index < -0.39 is 6.10 Å². The van der Waals surface area contributed by atoms with E-state index >= 15 is 0 Å². The highest BCUT2D eigenvalue weighted by Crippen LogP contribution is 2.16. The van der Waals surface area contributed by atoms with E-state index in [4.69, 9.17) is 14.2 Å². The van der Waals surface area contributed by atoms with Crippen LogP contribution >= 0.6 is 0 Å². The summed E-state index contributed by atoms with van der Waals surface area (Å²) in [5.41, 5.74) is 0. The Labute approximate surface area is 501 Å². The van der Waals surface area contributed by atoms with Crippen molar-refractivity contribution in [2.24, 2.45) is 0 Å². The Bertz CT molecular complexity index is 1670. The molecule has 6 heteroatoms. The van der Waals surface area contributed by atoms with Gasteiger partial charge in [0, 0.05) is 19.3 Å². The first-order valence-electron chi connectivity index (χ1n) is 34.0. The van der Waals surface area contributed by atoms with Crippen molar-refractivity contribution in [3.8, 4) is 0 Å². The molecule has 0 heterocycles. The molecule has 0 N–H and O–H groups in total. The molecule has 0 aromatic rings. The molecule has 81 heavy (non-hydrogen) atoms. The van der Waals surface area contributed by atoms with E-state index in [1.54, 1.807) is 0 Å². The lowest BCUT2D eigenvalue weighted by atomic mass is 10.1. The summed E-state index contributed by atoms with van der Waals surface area (Å²) in [5.74, 6) is -0.960. The van der Waals surface area contributed by atoms with Crippen molar-refractivity contribution in [1.29, 1.82) is 0 Å². The number of carbonyl (C=O) groups excluding carboxylic acids is 3. The molecule has 0 aromatic carbocycles. The lowest BCUT2D eigenvalue weighted by Crippen LogP contribution is -2.30. The maximum atomic E-state index is 13.0. The highest BCUT2D eigenvalue weighted by molar-refractivity contribution is 5.71. The summed E-state index contributed by atoms with van der Waals surface area (Å²) in [7, 11) is 0. The fourth-order valence-electron chi connectivity index (χ4n) is 9.34. The standard InChI is InChI=1S/C75H126O6/c1-4-7-10-13-16-19-22-25-28-31-34-36-37-39-41-44-47-50-53-56-59-62-65-68-74(77)80-71-72(70-79-73(76)67-64-61-58-55-52-49-46-43-40-33-30-27-24-21-18-15-12-9-6-3)81-75(78)69-66-63-60-57-54-51-48-45-42-38-35-32-29-26-23-20-17-14-11-8-5-2/h7,10,16,18-19,21,25,27-28,30,32,34-36,39,41,47,50,56,59,72H,4-6,8-9,11-15,17,20,22-24,26,29,31,33,37-38,40,42-46,48-49,51-55,57-58,60-71H2,1-3H3/b10-7-,19-16-,21-18-,28-25-,30-27-,35-32-,36-34-,41-39-,50-47-,59-56-. The van der Waals surface area contributed by atoms with Crippen LogP contribution in [0.25, 0.3) is 0 Å². The zero-order valence-corrected chi connectivity index (χ0v) is 53.0. The number of ether oxygens (including phenoxy) is 3. The highest BCUT2D eigenvalue weighted by Gasteiger charge is 2.19. The molecule has 0 aliphatic carbocycles. The zero-order valence-electron chi connectivity index (χ0n) is 53.0. The van der Waals surface area contributed by atoms with Crippen molar-refractivity contribution < 1.29 is 28.6 Å². The third kappa shape index (κ3) is 66.5. The van der Waals surface area contributed by atoms with Gasteiger partial charge in [0.25, 0.3) is 0 Å². The molecule has 1 unspecified atom stereocenters. The van der Waals surface area contributed by atoms with E-state index in [1.807, 2.05) is 0 Å². The smallest absolute Gasteiger partial charge is 0.306 e.